The Kier molecular flexibility index (Phi) is 7.13. The van der Waals surface area contributed by atoms with Crippen LogP contribution in [0.3, 0.4) is 0 Å². The molecule has 31 heavy (non-hydrogen) atoms. The van der Waals surface area contributed by atoms with Crippen LogP contribution in [0.25, 0.3) is 0 Å². The highest BCUT2D eigenvalue weighted by molar-refractivity contribution is 7.92. The molecule has 0 bridgehead atoms. The zero-order chi connectivity index (χ0) is 22.4. The van der Waals surface area contributed by atoms with E-state index in [4.69, 9.17) is 0 Å². The average Bonchev–Trinajstić information content (AvgIpc) is 2.77. The number of hydrogen-bond acceptors (Lipinski definition) is 3. The summed E-state index contributed by atoms with van der Waals surface area (Å²) in [6, 6.07) is 19.5. The second kappa shape index (κ2) is 9.79. The molecule has 6 heteroatoms. The fourth-order valence-corrected chi connectivity index (χ4v) is 4.45. The molecule has 0 saturated carbocycles. The van der Waals surface area contributed by atoms with Crippen LogP contribution in [0.4, 0.5) is 5.69 Å². The van der Waals surface area contributed by atoms with Crippen LogP contribution < -0.4 is 10.0 Å². The normalized spacial score (nSPS) is 11.2. The van der Waals surface area contributed by atoms with Crippen LogP contribution in [0.15, 0.2) is 71.6 Å². The second-order valence-electron chi connectivity index (χ2n) is 7.46. The maximum atomic E-state index is 12.9. The minimum absolute atomic E-state index is 0.150. The van der Waals surface area contributed by atoms with Crippen LogP contribution in [0.5, 0.6) is 0 Å². The molecule has 2 N–H and O–H groups in total. The molecule has 3 aromatic carbocycles. The van der Waals surface area contributed by atoms with Gasteiger partial charge in [0.1, 0.15) is 0 Å². The Morgan fingerprint density at radius 2 is 1.58 bits per heavy atom. The van der Waals surface area contributed by atoms with Crippen LogP contribution in [0, 0.1) is 6.92 Å². The molecule has 0 fully saturated rings. The number of hydrogen-bond donors (Lipinski definition) is 2. The maximum absolute atomic E-state index is 12.9. The molecule has 0 heterocycles. The summed E-state index contributed by atoms with van der Waals surface area (Å²) in [5.74, 6) is -0.328. The lowest BCUT2D eigenvalue weighted by molar-refractivity contribution is 0.0951. The van der Waals surface area contributed by atoms with Gasteiger partial charge in [0, 0.05) is 6.54 Å². The van der Waals surface area contributed by atoms with Crippen molar-refractivity contribution in [3.63, 3.8) is 0 Å². The molecule has 0 aliphatic heterocycles. The van der Waals surface area contributed by atoms with Gasteiger partial charge in [0.05, 0.1) is 16.1 Å². The van der Waals surface area contributed by atoms with Crippen molar-refractivity contribution < 1.29 is 13.2 Å². The van der Waals surface area contributed by atoms with E-state index in [2.05, 4.69) is 42.1 Å². The summed E-state index contributed by atoms with van der Waals surface area (Å²) in [7, 11) is -3.80. The molecule has 162 valence electrons. The SMILES string of the molecule is CCc1ccc(CC)c(CNC(=O)c2ccccc2NS(=O)(=O)c2ccc(C)cc2)c1. The predicted octanol–water partition coefficient (Wildman–Crippen LogP) is 4.85. The lowest BCUT2D eigenvalue weighted by atomic mass is 10.0. The van der Waals surface area contributed by atoms with Crippen molar-refractivity contribution in [2.24, 2.45) is 0 Å². The molecular formula is C25H28N2O3S. The number of sulfonamides is 1. The number of para-hydroxylation sites is 1. The molecule has 1 amide bonds. The Hall–Kier alpha value is -3.12. The number of carbonyl (C=O) groups excluding carboxylic acids is 1. The van der Waals surface area contributed by atoms with Gasteiger partial charge in [0.2, 0.25) is 0 Å². The standard InChI is InChI=1S/C25H28N2O3S/c1-4-19-12-13-20(5-2)21(16-19)17-26-25(28)23-8-6-7-9-24(23)27-31(29,30)22-14-10-18(3)11-15-22/h6-16,27H,4-5,17H2,1-3H3,(H,26,28). The molecule has 0 atom stereocenters. The van der Waals surface area contributed by atoms with Crippen LogP contribution >= 0.6 is 0 Å². The van der Waals surface area contributed by atoms with Crippen molar-refractivity contribution in [1.82, 2.24) is 5.32 Å². The zero-order valence-electron chi connectivity index (χ0n) is 18.1. The minimum Gasteiger partial charge on any atom is -0.348 e. The van der Waals surface area contributed by atoms with E-state index in [1.807, 2.05) is 6.92 Å². The summed E-state index contributed by atoms with van der Waals surface area (Å²) in [6.45, 7) is 6.46. The summed E-state index contributed by atoms with van der Waals surface area (Å²) in [5.41, 5.74) is 4.98. The van der Waals surface area contributed by atoms with E-state index >= 15 is 0 Å². The average molecular weight is 437 g/mol. The Labute approximate surface area is 184 Å². The van der Waals surface area contributed by atoms with Crippen LogP contribution in [-0.4, -0.2) is 14.3 Å². The molecule has 0 aliphatic rings. The quantitative estimate of drug-likeness (QED) is 0.530. The molecule has 0 aliphatic carbocycles. The first-order valence-corrected chi connectivity index (χ1v) is 11.9. The Morgan fingerprint density at radius 1 is 0.871 bits per heavy atom. The van der Waals surface area contributed by atoms with Crippen LogP contribution in [0.1, 0.15) is 46.5 Å². The van der Waals surface area contributed by atoms with Gasteiger partial charge < -0.3 is 5.32 Å². The van der Waals surface area contributed by atoms with Gasteiger partial charge in [-0.25, -0.2) is 8.42 Å². The zero-order valence-corrected chi connectivity index (χ0v) is 18.9. The van der Waals surface area contributed by atoms with E-state index in [-0.39, 0.29) is 22.1 Å². The van der Waals surface area contributed by atoms with Gasteiger partial charge in [-0.2, -0.15) is 0 Å². The van der Waals surface area contributed by atoms with Crippen molar-refractivity contribution in [2.75, 3.05) is 4.72 Å². The highest BCUT2D eigenvalue weighted by Crippen LogP contribution is 2.21. The first-order chi connectivity index (χ1) is 14.8. The monoisotopic (exact) mass is 436 g/mol. The molecule has 0 aromatic heterocycles. The summed E-state index contributed by atoms with van der Waals surface area (Å²) in [4.78, 5) is 13.1. The maximum Gasteiger partial charge on any atom is 0.261 e. The Bertz CT molecular complexity index is 1170. The van der Waals surface area contributed by atoms with Crippen LogP contribution in [0.2, 0.25) is 0 Å². The number of anilines is 1. The third-order valence-corrected chi connectivity index (χ3v) is 6.63. The van der Waals surface area contributed by atoms with Gasteiger partial charge >= 0.3 is 0 Å². The minimum atomic E-state index is -3.80. The van der Waals surface area contributed by atoms with Crippen LogP contribution in [-0.2, 0) is 29.4 Å². The highest BCUT2D eigenvalue weighted by atomic mass is 32.2. The van der Waals surface area contributed by atoms with Crippen molar-refractivity contribution in [3.05, 3.63) is 94.5 Å². The highest BCUT2D eigenvalue weighted by Gasteiger charge is 2.18. The van der Waals surface area contributed by atoms with Crippen molar-refractivity contribution >= 4 is 21.6 Å². The Morgan fingerprint density at radius 3 is 2.26 bits per heavy atom. The number of rotatable bonds is 8. The Balaban J connectivity index is 1.80. The molecule has 3 rings (SSSR count). The number of benzene rings is 3. The molecule has 0 radical (unpaired) electrons. The number of amides is 1. The predicted molar refractivity (Wildman–Crippen MR) is 125 cm³/mol. The molecule has 0 spiro atoms. The fraction of sp³-hybridized carbons (Fsp3) is 0.240. The third-order valence-electron chi connectivity index (χ3n) is 5.25. The summed E-state index contributed by atoms with van der Waals surface area (Å²) in [6.07, 6.45) is 1.80. The van der Waals surface area contributed by atoms with Crippen molar-refractivity contribution in [1.29, 1.82) is 0 Å². The van der Waals surface area contributed by atoms with E-state index in [0.29, 0.717) is 6.54 Å². The first kappa shape index (κ1) is 22.6. The first-order valence-electron chi connectivity index (χ1n) is 10.4. The lowest BCUT2D eigenvalue weighted by Gasteiger charge is -2.14. The van der Waals surface area contributed by atoms with Crippen molar-refractivity contribution in [3.8, 4) is 0 Å². The summed E-state index contributed by atoms with van der Waals surface area (Å²) in [5, 5.41) is 2.94. The number of carbonyl (C=O) groups is 1. The smallest absolute Gasteiger partial charge is 0.261 e. The molecule has 0 unspecified atom stereocenters. The van der Waals surface area contributed by atoms with E-state index in [0.717, 1.165) is 24.0 Å². The van der Waals surface area contributed by atoms with E-state index < -0.39 is 10.0 Å². The van der Waals surface area contributed by atoms with Crippen molar-refractivity contribution in [2.45, 2.75) is 45.1 Å². The molecular weight excluding hydrogens is 408 g/mol. The summed E-state index contributed by atoms with van der Waals surface area (Å²) >= 11 is 0. The number of nitrogens with one attached hydrogen (secondary N) is 2. The van der Waals surface area contributed by atoms with E-state index in [9.17, 15) is 13.2 Å². The second-order valence-corrected chi connectivity index (χ2v) is 9.14. The number of aryl methyl sites for hydroxylation is 3. The van der Waals surface area contributed by atoms with E-state index in [1.54, 1.807) is 48.5 Å². The van der Waals surface area contributed by atoms with Gasteiger partial charge in [0.15, 0.2) is 0 Å². The molecule has 5 nitrogen and oxygen atoms in total. The fourth-order valence-electron chi connectivity index (χ4n) is 3.37. The van der Waals surface area contributed by atoms with E-state index in [1.165, 1.54) is 11.1 Å². The molecule has 3 aromatic rings. The summed E-state index contributed by atoms with van der Waals surface area (Å²) < 4.78 is 28.1. The topological polar surface area (TPSA) is 75.3 Å². The third kappa shape index (κ3) is 5.52. The van der Waals surface area contributed by atoms with Gasteiger partial charge in [-0.3, -0.25) is 9.52 Å². The molecule has 0 saturated heterocycles. The lowest BCUT2D eigenvalue weighted by Crippen LogP contribution is -2.25. The van der Waals surface area contributed by atoms with Gasteiger partial charge in [-0.1, -0.05) is 61.9 Å². The van der Waals surface area contributed by atoms with Gasteiger partial charge in [-0.05, 0) is 60.7 Å². The van der Waals surface area contributed by atoms with Gasteiger partial charge in [0.25, 0.3) is 15.9 Å². The van der Waals surface area contributed by atoms with Gasteiger partial charge in [-0.15, -0.1) is 0 Å². The largest absolute Gasteiger partial charge is 0.348 e.